The molecule has 1 radical (unpaired) electrons. The first kappa shape index (κ1) is 13.7. The molecule has 0 atom stereocenters. The predicted molar refractivity (Wildman–Crippen MR) is 67.4 cm³/mol. The van der Waals surface area contributed by atoms with Crippen molar-refractivity contribution in [2.45, 2.75) is 4.90 Å². The van der Waals surface area contributed by atoms with Crippen molar-refractivity contribution in [1.82, 2.24) is 15.0 Å². The van der Waals surface area contributed by atoms with Crippen molar-refractivity contribution >= 4 is 27.7 Å². The van der Waals surface area contributed by atoms with Gasteiger partial charge in [-0.05, 0) is 18.2 Å². The second kappa shape index (κ2) is 5.47. The Kier molecular flexibility index (Phi) is 3.74. The van der Waals surface area contributed by atoms with Crippen LogP contribution in [0.5, 0.6) is 0 Å². The van der Waals surface area contributed by atoms with Crippen LogP contribution in [0.2, 0.25) is 0 Å². The van der Waals surface area contributed by atoms with Crippen molar-refractivity contribution in [3.63, 3.8) is 0 Å². The second-order valence-corrected chi connectivity index (χ2v) is 4.87. The molecular weight excluding hydrogens is 284 g/mol. The van der Waals surface area contributed by atoms with Crippen molar-refractivity contribution in [3.05, 3.63) is 30.6 Å². The zero-order chi connectivity index (χ0) is 14.6. The SMILES string of the molecule is N#CNc1n[c]nc(Nc2cccc(S(=O)(=O)O)c2)n1. The van der Waals surface area contributed by atoms with Crippen molar-refractivity contribution < 1.29 is 13.0 Å². The van der Waals surface area contributed by atoms with Gasteiger partial charge in [0, 0.05) is 5.69 Å². The maximum atomic E-state index is 11.0. The van der Waals surface area contributed by atoms with Crippen LogP contribution >= 0.6 is 0 Å². The summed E-state index contributed by atoms with van der Waals surface area (Å²) in [5, 5.41) is 13.3. The Morgan fingerprint density at radius 1 is 1.30 bits per heavy atom. The van der Waals surface area contributed by atoms with E-state index in [1.807, 2.05) is 0 Å². The van der Waals surface area contributed by atoms with Gasteiger partial charge in [-0.15, -0.1) is 0 Å². The van der Waals surface area contributed by atoms with Crippen LogP contribution in [0.25, 0.3) is 0 Å². The average Bonchev–Trinajstić information content (AvgIpc) is 2.39. The fourth-order valence-electron chi connectivity index (χ4n) is 1.30. The van der Waals surface area contributed by atoms with E-state index in [0.717, 1.165) is 0 Å². The topological polar surface area (TPSA) is 141 Å². The molecule has 0 spiro atoms. The van der Waals surface area contributed by atoms with E-state index < -0.39 is 10.1 Å². The van der Waals surface area contributed by atoms with Crippen LogP contribution in [0.4, 0.5) is 17.6 Å². The van der Waals surface area contributed by atoms with Crippen LogP contribution in [0.15, 0.2) is 29.2 Å². The molecule has 0 bridgehead atoms. The minimum absolute atomic E-state index is 0.00376. The van der Waals surface area contributed by atoms with Gasteiger partial charge in [0.2, 0.25) is 18.2 Å². The van der Waals surface area contributed by atoms with E-state index in [1.54, 1.807) is 12.3 Å². The lowest BCUT2D eigenvalue weighted by Gasteiger charge is -2.05. The quantitative estimate of drug-likeness (QED) is 0.418. The highest BCUT2D eigenvalue weighted by atomic mass is 32.2. The highest BCUT2D eigenvalue weighted by molar-refractivity contribution is 7.85. The summed E-state index contributed by atoms with van der Waals surface area (Å²) in [6, 6.07) is 5.43. The van der Waals surface area contributed by atoms with Crippen LogP contribution in [-0.2, 0) is 10.1 Å². The van der Waals surface area contributed by atoms with Gasteiger partial charge in [-0.25, -0.2) is 0 Å². The molecule has 0 aliphatic heterocycles. The van der Waals surface area contributed by atoms with Crippen molar-refractivity contribution in [3.8, 4) is 6.19 Å². The standard InChI is InChI=1S/C10H7N6O3S/c11-5-12-9-13-6-14-10(16-9)15-7-2-1-3-8(4-7)20(17,18)19/h1-4H,(H,17,18,19)(H2,12,13,14,15,16). The molecule has 0 saturated heterocycles. The minimum atomic E-state index is -4.29. The van der Waals surface area contributed by atoms with Gasteiger partial charge in [0.05, 0.1) is 4.90 Å². The molecule has 0 aliphatic rings. The Bertz CT molecular complexity index is 771. The highest BCUT2D eigenvalue weighted by Gasteiger charge is 2.10. The van der Waals surface area contributed by atoms with Crippen molar-refractivity contribution in [1.29, 1.82) is 5.26 Å². The number of hydrogen-bond donors (Lipinski definition) is 3. The van der Waals surface area contributed by atoms with Gasteiger partial charge in [0.25, 0.3) is 10.1 Å². The maximum Gasteiger partial charge on any atom is 0.294 e. The molecule has 3 N–H and O–H groups in total. The molecule has 1 heterocycles. The molecule has 0 amide bonds. The van der Waals surface area contributed by atoms with Crippen LogP contribution in [0, 0.1) is 17.8 Å². The molecule has 0 aliphatic carbocycles. The van der Waals surface area contributed by atoms with Gasteiger partial charge in [0.1, 0.15) is 0 Å². The van der Waals surface area contributed by atoms with Crippen LogP contribution in [-0.4, -0.2) is 27.9 Å². The maximum absolute atomic E-state index is 11.0. The zero-order valence-electron chi connectivity index (χ0n) is 9.77. The van der Waals surface area contributed by atoms with Gasteiger partial charge >= 0.3 is 0 Å². The summed E-state index contributed by atoms with van der Waals surface area (Å²) in [5.74, 6) is 0.0566. The summed E-state index contributed by atoms with van der Waals surface area (Å²) in [4.78, 5) is 10.8. The molecule has 10 heteroatoms. The number of nitrogens with zero attached hydrogens (tertiary/aromatic N) is 4. The van der Waals surface area contributed by atoms with E-state index in [4.69, 9.17) is 9.81 Å². The van der Waals surface area contributed by atoms with E-state index in [-0.39, 0.29) is 16.8 Å². The number of anilines is 3. The Morgan fingerprint density at radius 3 is 2.75 bits per heavy atom. The first-order valence-electron chi connectivity index (χ1n) is 5.11. The summed E-state index contributed by atoms with van der Waals surface area (Å²) in [6.45, 7) is 0. The first-order valence-corrected chi connectivity index (χ1v) is 6.55. The third-order valence-corrected chi connectivity index (χ3v) is 2.93. The summed E-state index contributed by atoms with van der Waals surface area (Å²) < 4.78 is 31.0. The molecule has 101 valence electrons. The molecule has 2 aromatic rings. The lowest BCUT2D eigenvalue weighted by molar-refractivity contribution is 0.483. The number of benzene rings is 1. The Balaban J connectivity index is 2.27. The normalized spacial score (nSPS) is 10.6. The van der Waals surface area contributed by atoms with Crippen LogP contribution in [0.1, 0.15) is 0 Å². The van der Waals surface area contributed by atoms with Gasteiger partial charge < -0.3 is 5.32 Å². The Hall–Kier alpha value is -2.77. The lowest BCUT2D eigenvalue weighted by Crippen LogP contribution is -2.03. The predicted octanol–water partition coefficient (Wildman–Crippen LogP) is 0.555. The van der Waals surface area contributed by atoms with Crippen molar-refractivity contribution in [2.75, 3.05) is 10.6 Å². The molecule has 0 fully saturated rings. The Morgan fingerprint density at radius 2 is 2.05 bits per heavy atom. The second-order valence-electron chi connectivity index (χ2n) is 3.45. The molecule has 20 heavy (non-hydrogen) atoms. The van der Waals surface area contributed by atoms with Gasteiger partial charge in [-0.3, -0.25) is 9.87 Å². The number of nitrogens with one attached hydrogen (secondary N) is 2. The monoisotopic (exact) mass is 291 g/mol. The molecule has 1 aromatic heterocycles. The molecule has 9 nitrogen and oxygen atoms in total. The number of rotatable bonds is 4. The minimum Gasteiger partial charge on any atom is -0.324 e. The number of hydrogen-bond acceptors (Lipinski definition) is 8. The van der Waals surface area contributed by atoms with Gasteiger partial charge in [0.15, 0.2) is 6.19 Å². The van der Waals surface area contributed by atoms with E-state index >= 15 is 0 Å². The van der Waals surface area contributed by atoms with E-state index in [2.05, 4.69) is 31.9 Å². The summed E-state index contributed by atoms with van der Waals surface area (Å²) >= 11 is 0. The third kappa shape index (κ3) is 3.37. The fourth-order valence-corrected chi connectivity index (χ4v) is 1.82. The summed E-state index contributed by atoms with van der Waals surface area (Å²) in [7, 11) is -4.29. The van der Waals surface area contributed by atoms with Gasteiger partial charge in [-0.1, -0.05) is 6.07 Å². The van der Waals surface area contributed by atoms with Crippen molar-refractivity contribution in [2.24, 2.45) is 0 Å². The van der Waals surface area contributed by atoms with E-state index in [1.165, 1.54) is 18.2 Å². The summed E-state index contributed by atoms with van der Waals surface area (Å²) in [5.41, 5.74) is 0.336. The number of aromatic nitrogens is 3. The smallest absolute Gasteiger partial charge is 0.294 e. The first-order chi connectivity index (χ1) is 9.49. The van der Waals surface area contributed by atoms with Crippen LogP contribution in [0.3, 0.4) is 0 Å². The highest BCUT2D eigenvalue weighted by Crippen LogP contribution is 2.17. The molecule has 0 saturated carbocycles. The largest absolute Gasteiger partial charge is 0.324 e. The van der Waals surface area contributed by atoms with Gasteiger partial charge in [-0.2, -0.15) is 28.6 Å². The average molecular weight is 291 g/mol. The molecule has 1 aromatic carbocycles. The lowest BCUT2D eigenvalue weighted by atomic mass is 10.3. The zero-order valence-corrected chi connectivity index (χ0v) is 10.6. The van der Waals surface area contributed by atoms with E-state index in [9.17, 15) is 8.42 Å². The number of nitriles is 1. The van der Waals surface area contributed by atoms with E-state index in [0.29, 0.717) is 5.69 Å². The molecule has 0 unspecified atom stereocenters. The Labute approximate surface area is 114 Å². The molecular formula is C10H7N6O3S. The molecule has 2 rings (SSSR count). The third-order valence-electron chi connectivity index (χ3n) is 2.08. The summed E-state index contributed by atoms with van der Waals surface area (Å²) in [6.07, 6.45) is 3.91. The fraction of sp³-hybridized carbons (Fsp3) is 0. The van der Waals surface area contributed by atoms with Crippen LogP contribution < -0.4 is 10.6 Å².